The number of nitrogens with zero attached hydrogens (tertiary/aromatic N) is 4. The van der Waals surface area contributed by atoms with Crippen LogP contribution in [0.4, 0.5) is 10.6 Å². The molecular formula is C22H26N6O7P-. The summed E-state index contributed by atoms with van der Waals surface area (Å²) < 4.78 is 37.5. The third kappa shape index (κ3) is 4.85. The van der Waals surface area contributed by atoms with Crippen LogP contribution in [0.1, 0.15) is 31.9 Å². The molecule has 2 unspecified atom stereocenters. The number of hydrogen-bond donors (Lipinski definition) is 2. The number of fused-ring (bicyclic) bond motifs is 2. The molecule has 2 aliphatic heterocycles. The fourth-order valence-electron chi connectivity index (χ4n) is 4.18. The molecule has 5 rings (SSSR count). The van der Waals surface area contributed by atoms with Crippen LogP contribution in [0, 0.1) is 0 Å². The number of amides is 2. The molecule has 0 aliphatic carbocycles. The molecule has 0 bridgehead atoms. The third-order valence-corrected chi connectivity index (χ3v) is 7.26. The van der Waals surface area contributed by atoms with Crippen molar-refractivity contribution in [2.24, 2.45) is 0 Å². The second-order valence-electron chi connectivity index (χ2n) is 8.26. The summed E-state index contributed by atoms with van der Waals surface area (Å²) in [5.41, 5.74) is 1.58. The second kappa shape index (κ2) is 10.2. The average Bonchev–Trinajstić information content (AvgIpc) is 3.58. The van der Waals surface area contributed by atoms with Crippen LogP contribution in [0.5, 0.6) is 0 Å². The van der Waals surface area contributed by atoms with E-state index in [1.54, 1.807) is 11.5 Å². The topological polar surface area (TPSA) is 162 Å². The van der Waals surface area contributed by atoms with E-state index in [1.165, 1.54) is 19.6 Å². The summed E-state index contributed by atoms with van der Waals surface area (Å²) in [5.74, 6) is 0.236. The molecule has 0 radical (unpaired) electrons. The van der Waals surface area contributed by atoms with Gasteiger partial charge in [-0.25, -0.2) is 19.7 Å². The first-order valence-electron chi connectivity index (χ1n) is 11.6. The monoisotopic (exact) mass is 517 g/mol. The number of ether oxygens (including phenoxy) is 3. The van der Waals surface area contributed by atoms with E-state index in [4.69, 9.17) is 18.7 Å². The Balaban J connectivity index is 1.45. The van der Waals surface area contributed by atoms with Gasteiger partial charge in [-0.2, -0.15) is 0 Å². The number of nitrogens with one attached hydrogen (secondary N) is 2. The highest BCUT2D eigenvalue weighted by Crippen LogP contribution is 2.46. The highest BCUT2D eigenvalue weighted by Gasteiger charge is 2.54. The molecule has 2 aromatic heterocycles. The first-order chi connectivity index (χ1) is 17.4. The van der Waals surface area contributed by atoms with E-state index >= 15 is 0 Å². The first-order valence-corrected chi connectivity index (χ1v) is 13.3. The van der Waals surface area contributed by atoms with Crippen molar-refractivity contribution in [2.75, 3.05) is 24.6 Å². The fraction of sp³-hybridized carbons (Fsp3) is 0.455. The Morgan fingerprint density at radius 3 is 2.67 bits per heavy atom. The molecule has 3 aromatic rings. The summed E-state index contributed by atoms with van der Waals surface area (Å²) in [6.45, 7) is 3.55. The lowest BCUT2D eigenvalue weighted by atomic mass is 10.1. The van der Waals surface area contributed by atoms with E-state index in [-0.39, 0.29) is 18.6 Å². The normalized spacial score (nSPS) is 27.0. The Kier molecular flexibility index (Phi) is 7.02. The molecule has 192 valence electrons. The van der Waals surface area contributed by atoms with Crippen LogP contribution < -0.4 is 15.5 Å². The van der Waals surface area contributed by atoms with E-state index in [0.717, 1.165) is 5.56 Å². The van der Waals surface area contributed by atoms with Crippen LogP contribution in [-0.4, -0.2) is 63.2 Å². The smallest absolute Gasteiger partial charge is 0.320 e. The second-order valence-corrected chi connectivity index (χ2v) is 10.4. The van der Waals surface area contributed by atoms with Gasteiger partial charge in [0, 0.05) is 18.3 Å². The maximum atomic E-state index is 12.0. The Bertz CT molecular complexity index is 1270. The van der Waals surface area contributed by atoms with Gasteiger partial charge in [0.15, 0.2) is 29.5 Å². The Morgan fingerprint density at radius 1 is 1.14 bits per heavy atom. The predicted octanol–water partition coefficient (Wildman–Crippen LogP) is 1.94. The molecule has 36 heavy (non-hydrogen) atoms. The van der Waals surface area contributed by atoms with Crippen molar-refractivity contribution < 1.29 is 33.0 Å². The van der Waals surface area contributed by atoms with Crippen LogP contribution in [0.15, 0.2) is 43.0 Å². The number of anilines is 1. The van der Waals surface area contributed by atoms with Crippen LogP contribution in [0.2, 0.25) is 0 Å². The molecule has 1 aromatic carbocycles. The number of rotatable bonds is 8. The van der Waals surface area contributed by atoms with Crippen LogP contribution >= 0.6 is 7.60 Å². The number of aromatic nitrogens is 4. The summed E-state index contributed by atoms with van der Waals surface area (Å²) in [6, 6.07) is 9.00. The van der Waals surface area contributed by atoms with Crippen molar-refractivity contribution in [3.8, 4) is 0 Å². The van der Waals surface area contributed by atoms with Crippen molar-refractivity contribution in [3.05, 3.63) is 48.5 Å². The van der Waals surface area contributed by atoms with Crippen molar-refractivity contribution in [2.45, 2.75) is 44.7 Å². The zero-order valence-corrected chi connectivity index (χ0v) is 20.5. The minimum Gasteiger partial charge on any atom is -0.779 e. The highest BCUT2D eigenvalue weighted by atomic mass is 31.2. The lowest BCUT2D eigenvalue weighted by molar-refractivity contribution is -0.203. The number of urea groups is 1. The summed E-state index contributed by atoms with van der Waals surface area (Å²) in [7, 11) is -3.99. The van der Waals surface area contributed by atoms with Gasteiger partial charge >= 0.3 is 6.03 Å². The summed E-state index contributed by atoms with van der Waals surface area (Å²) in [4.78, 5) is 36.9. The molecule has 14 heteroatoms. The van der Waals surface area contributed by atoms with Crippen LogP contribution in [0.3, 0.4) is 0 Å². The van der Waals surface area contributed by atoms with E-state index in [2.05, 4.69) is 25.6 Å². The standard InChI is InChI=1S/C22H27N6O7P/c1-3-23-22(29)27-18-15-19(25-11-24-18)28(12-26-15)20-17-16(14(33-20)10-32-36(30,31)4-2)34-21(35-17)13-8-6-5-7-9-13/h5-9,11-12,14,16-17,20-21H,3-4,10H2,1-2H3,(H,30,31)(H2,23,24,25,27,29)/p-1/t14-,16?,17+,20-,21+/m1/s1. The number of imidazole rings is 1. The van der Waals surface area contributed by atoms with Gasteiger partial charge in [-0.3, -0.25) is 9.88 Å². The molecule has 2 fully saturated rings. The molecular weight excluding hydrogens is 491 g/mol. The maximum absolute atomic E-state index is 12.0. The molecule has 0 saturated carbocycles. The minimum absolute atomic E-state index is 0.133. The van der Waals surface area contributed by atoms with Gasteiger partial charge in [0.05, 0.1) is 12.9 Å². The maximum Gasteiger partial charge on any atom is 0.320 e. The van der Waals surface area contributed by atoms with Gasteiger partial charge in [0.1, 0.15) is 32.2 Å². The third-order valence-electron chi connectivity index (χ3n) is 5.94. The molecule has 6 atom stereocenters. The van der Waals surface area contributed by atoms with Gasteiger partial charge in [0.25, 0.3) is 0 Å². The van der Waals surface area contributed by atoms with Crippen LogP contribution in [0.25, 0.3) is 11.2 Å². The SMILES string of the molecule is CCNC(=O)Nc1ncnc2c1ncn2[C@@H]1O[C@H](COP(=O)([O-])CC)C2O[C@H](c3ccccc3)O[C@@H]21. The van der Waals surface area contributed by atoms with Crippen LogP contribution in [-0.2, 0) is 23.3 Å². The number of hydrogen-bond acceptors (Lipinski definition) is 10. The van der Waals surface area contributed by atoms with Gasteiger partial charge in [-0.1, -0.05) is 37.3 Å². The fourth-order valence-corrected chi connectivity index (χ4v) is 4.74. The van der Waals surface area contributed by atoms with E-state index in [9.17, 15) is 14.3 Å². The van der Waals surface area contributed by atoms with Crippen molar-refractivity contribution in [3.63, 3.8) is 0 Å². The number of carbonyl (C=O) groups excluding carboxylic acids is 1. The van der Waals surface area contributed by atoms with Crippen molar-refractivity contribution in [1.82, 2.24) is 24.8 Å². The van der Waals surface area contributed by atoms with Gasteiger partial charge in [0.2, 0.25) is 0 Å². The summed E-state index contributed by atoms with van der Waals surface area (Å²) in [5, 5.41) is 5.30. The predicted molar refractivity (Wildman–Crippen MR) is 125 cm³/mol. The summed E-state index contributed by atoms with van der Waals surface area (Å²) in [6.07, 6.45) is -0.671. The molecule has 2 saturated heterocycles. The molecule has 2 N–H and O–H groups in total. The molecule has 0 spiro atoms. The summed E-state index contributed by atoms with van der Waals surface area (Å²) >= 11 is 0. The lowest BCUT2D eigenvalue weighted by Crippen LogP contribution is -2.32. The zero-order chi connectivity index (χ0) is 25.3. The highest BCUT2D eigenvalue weighted by molar-refractivity contribution is 7.51. The van der Waals surface area contributed by atoms with E-state index in [0.29, 0.717) is 17.7 Å². The molecule has 2 aliphatic rings. The Hall–Kier alpha value is -2.93. The quantitative estimate of drug-likeness (QED) is 0.422. The Labute approximate surface area is 206 Å². The number of carbonyl (C=O) groups is 1. The molecule has 4 heterocycles. The zero-order valence-electron chi connectivity index (χ0n) is 19.6. The largest absolute Gasteiger partial charge is 0.779 e. The van der Waals surface area contributed by atoms with Gasteiger partial charge < -0.3 is 33.5 Å². The first kappa shape index (κ1) is 24.8. The van der Waals surface area contributed by atoms with Crippen molar-refractivity contribution >= 4 is 30.6 Å². The van der Waals surface area contributed by atoms with Gasteiger partial charge in [-0.05, 0) is 6.92 Å². The molecule has 13 nitrogen and oxygen atoms in total. The molecule has 2 amide bonds. The van der Waals surface area contributed by atoms with Crippen molar-refractivity contribution in [1.29, 1.82) is 0 Å². The van der Waals surface area contributed by atoms with Gasteiger partial charge in [-0.15, -0.1) is 0 Å². The van der Waals surface area contributed by atoms with E-state index in [1.807, 2.05) is 30.3 Å². The minimum atomic E-state index is -3.99. The average molecular weight is 517 g/mol. The van der Waals surface area contributed by atoms with E-state index < -0.39 is 44.5 Å². The lowest BCUT2D eigenvalue weighted by Gasteiger charge is -2.25. The number of benzene rings is 1. The Morgan fingerprint density at radius 2 is 1.92 bits per heavy atom.